The van der Waals surface area contributed by atoms with Gasteiger partial charge >= 0.3 is 0 Å². The molecule has 0 aliphatic heterocycles. The van der Waals surface area contributed by atoms with Gasteiger partial charge < -0.3 is 14.8 Å². The van der Waals surface area contributed by atoms with Crippen LogP contribution in [0.1, 0.15) is 11.4 Å². The van der Waals surface area contributed by atoms with E-state index in [1.807, 2.05) is 43.3 Å². The van der Waals surface area contributed by atoms with Gasteiger partial charge in [0.25, 0.3) is 0 Å². The topological polar surface area (TPSA) is 45.5 Å². The van der Waals surface area contributed by atoms with Crippen LogP contribution in [0.5, 0.6) is 0 Å². The van der Waals surface area contributed by atoms with Crippen LogP contribution in [0.25, 0.3) is 0 Å². The Hall–Kier alpha value is -0.990. The van der Waals surface area contributed by atoms with Crippen molar-refractivity contribution in [2.75, 3.05) is 20.6 Å². The summed E-state index contributed by atoms with van der Waals surface area (Å²) in [6.07, 6.45) is 3.78. The molecule has 0 saturated heterocycles. The number of aromatic nitrogens is 2. The summed E-state index contributed by atoms with van der Waals surface area (Å²) in [6, 6.07) is 5.65. The van der Waals surface area contributed by atoms with Crippen LogP contribution < -0.4 is 5.32 Å². The smallest absolute Gasteiger partial charge is 0.193 e. The van der Waals surface area contributed by atoms with Crippen LogP contribution in [0.4, 0.5) is 0 Å². The zero-order valence-electron chi connectivity index (χ0n) is 14.0. The van der Waals surface area contributed by atoms with Gasteiger partial charge in [0, 0.05) is 46.1 Å². The van der Waals surface area contributed by atoms with Crippen molar-refractivity contribution in [2.24, 2.45) is 4.99 Å². The molecule has 1 heterocycles. The number of hydrogen-bond donors (Lipinski definition) is 1. The summed E-state index contributed by atoms with van der Waals surface area (Å²) >= 11 is 12.0. The summed E-state index contributed by atoms with van der Waals surface area (Å²) in [5, 5.41) is 4.48. The van der Waals surface area contributed by atoms with Gasteiger partial charge in [-0.05, 0) is 24.6 Å². The van der Waals surface area contributed by atoms with E-state index in [2.05, 4.69) is 19.9 Å². The molecule has 1 N–H and O–H groups in total. The maximum absolute atomic E-state index is 6.06. The van der Waals surface area contributed by atoms with E-state index in [1.54, 1.807) is 13.2 Å². The Bertz CT molecular complexity index is 687. The number of rotatable bonds is 5. The number of guanidine groups is 1. The Morgan fingerprint density at radius 3 is 2.67 bits per heavy atom. The molecule has 24 heavy (non-hydrogen) atoms. The van der Waals surface area contributed by atoms with E-state index in [0.717, 1.165) is 30.4 Å². The molecule has 0 atom stereocenters. The highest BCUT2D eigenvalue weighted by molar-refractivity contribution is 14.0. The molecule has 0 bridgehead atoms. The third-order valence-electron chi connectivity index (χ3n) is 3.54. The van der Waals surface area contributed by atoms with Crippen molar-refractivity contribution in [1.82, 2.24) is 19.8 Å². The van der Waals surface area contributed by atoms with Crippen molar-refractivity contribution in [1.29, 1.82) is 0 Å². The van der Waals surface area contributed by atoms with Crippen LogP contribution in [0.2, 0.25) is 10.0 Å². The third-order valence-corrected chi connectivity index (χ3v) is 4.28. The van der Waals surface area contributed by atoms with Gasteiger partial charge in [-0.15, -0.1) is 24.0 Å². The van der Waals surface area contributed by atoms with Crippen molar-refractivity contribution >= 4 is 53.1 Å². The minimum atomic E-state index is 0. The fourth-order valence-corrected chi connectivity index (χ4v) is 2.62. The van der Waals surface area contributed by atoms with Gasteiger partial charge in [0.2, 0.25) is 0 Å². The molecular weight excluding hydrogens is 460 g/mol. The predicted octanol–water partition coefficient (Wildman–Crippen LogP) is 3.82. The molecule has 0 unspecified atom stereocenters. The number of hydrogen-bond acceptors (Lipinski definition) is 2. The first kappa shape index (κ1) is 21.1. The Balaban J connectivity index is 0.00000288. The number of halogens is 3. The van der Waals surface area contributed by atoms with Crippen LogP contribution in [0.3, 0.4) is 0 Å². The van der Waals surface area contributed by atoms with Crippen molar-refractivity contribution in [3.05, 3.63) is 52.0 Å². The van der Waals surface area contributed by atoms with Gasteiger partial charge in [0.1, 0.15) is 5.82 Å². The molecule has 2 aromatic rings. The molecule has 0 aliphatic carbocycles. The molecule has 5 nitrogen and oxygen atoms in total. The fraction of sp³-hybridized carbons (Fsp3) is 0.375. The Morgan fingerprint density at radius 1 is 1.33 bits per heavy atom. The fourth-order valence-electron chi connectivity index (χ4n) is 2.30. The van der Waals surface area contributed by atoms with Gasteiger partial charge in [-0.25, -0.2) is 4.98 Å². The second-order valence-corrected chi connectivity index (χ2v) is 6.06. The molecule has 132 valence electrons. The molecule has 0 radical (unpaired) electrons. The largest absolute Gasteiger partial charge is 0.354 e. The number of nitrogens with one attached hydrogen (secondary N) is 1. The first-order valence-corrected chi connectivity index (χ1v) is 8.10. The first-order chi connectivity index (χ1) is 11.0. The monoisotopic (exact) mass is 481 g/mol. The standard InChI is InChI=1S/C16H21Cl2N5.HI/c1-12-20-6-8-23(12)9-7-21-16(19-2)22(3)11-13-4-5-14(17)15(18)10-13;/h4-6,8,10H,7,9,11H2,1-3H3,(H,19,21);1H. The van der Waals surface area contributed by atoms with Crippen molar-refractivity contribution in [3.63, 3.8) is 0 Å². The quantitative estimate of drug-likeness (QED) is 0.401. The van der Waals surface area contributed by atoms with Crippen LogP contribution in [-0.4, -0.2) is 41.1 Å². The second-order valence-electron chi connectivity index (χ2n) is 5.25. The Morgan fingerprint density at radius 2 is 2.08 bits per heavy atom. The van der Waals surface area contributed by atoms with Crippen molar-refractivity contribution < 1.29 is 0 Å². The number of imidazole rings is 1. The van der Waals surface area contributed by atoms with Crippen LogP contribution in [0.15, 0.2) is 35.6 Å². The third kappa shape index (κ3) is 5.82. The average Bonchev–Trinajstić information content (AvgIpc) is 2.92. The lowest BCUT2D eigenvalue weighted by Crippen LogP contribution is -2.39. The van der Waals surface area contributed by atoms with Gasteiger partial charge in [-0.3, -0.25) is 4.99 Å². The predicted molar refractivity (Wildman–Crippen MR) is 112 cm³/mol. The summed E-state index contributed by atoms with van der Waals surface area (Å²) in [6.45, 7) is 4.30. The zero-order chi connectivity index (χ0) is 16.8. The van der Waals surface area contributed by atoms with E-state index in [0.29, 0.717) is 16.6 Å². The molecule has 0 spiro atoms. The minimum absolute atomic E-state index is 0. The molecule has 0 aliphatic rings. The van der Waals surface area contributed by atoms with Crippen molar-refractivity contribution in [3.8, 4) is 0 Å². The summed E-state index contributed by atoms with van der Waals surface area (Å²) in [5.41, 5.74) is 1.08. The zero-order valence-corrected chi connectivity index (χ0v) is 17.8. The molecule has 0 amide bonds. The van der Waals surface area contributed by atoms with Gasteiger partial charge in [-0.1, -0.05) is 29.3 Å². The molecule has 1 aromatic heterocycles. The van der Waals surface area contributed by atoms with E-state index in [9.17, 15) is 0 Å². The van der Waals surface area contributed by atoms with E-state index in [-0.39, 0.29) is 24.0 Å². The van der Waals surface area contributed by atoms with Crippen LogP contribution >= 0.6 is 47.2 Å². The first-order valence-electron chi connectivity index (χ1n) is 7.34. The number of nitrogens with zero attached hydrogens (tertiary/aromatic N) is 4. The van der Waals surface area contributed by atoms with E-state index >= 15 is 0 Å². The number of aliphatic imine (C=N–C) groups is 1. The van der Waals surface area contributed by atoms with E-state index in [1.165, 1.54) is 0 Å². The van der Waals surface area contributed by atoms with Crippen molar-refractivity contribution in [2.45, 2.75) is 20.0 Å². The van der Waals surface area contributed by atoms with Gasteiger partial charge in [0.05, 0.1) is 10.0 Å². The SMILES string of the molecule is CN=C(NCCn1ccnc1C)N(C)Cc1ccc(Cl)c(Cl)c1.I. The maximum atomic E-state index is 6.06. The summed E-state index contributed by atoms with van der Waals surface area (Å²) in [4.78, 5) is 10.6. The number of aryl methyl sites for hydroxylation is 1. The van der Waals surface area contributed by atoms with E-state index in [4.69, 9.17) is 23.2 Å². The summed E-state index contributed by atoms with van der Waals surface area (Å²) < 4.78 is 2.10. The normalized spacial score (nSPS) is 11.1. The van der Waals surface area contributed by atoms with E-state index < -0.39 is 0 Å². The number of benzene rings is 1. The summed E-state index contributed by atoms with van der Waals surface area (Å²) in [5.74, 6) is 1.83. The lowest BCUT2D eigenvalue weighted by Gasteiger charge is -2.22. The van der Waals surface area contributed by atoms with Gasteiger partial charge in [-0.2, -0.15) is 0 Å². The molecule has 8 heteroatoms. The highest BCUT2D eigenvalue weighted by atomic mass is 127. The second kappa shape index (κ2) is 10.1. The lowest BCUT2D eigenvalue weighted by atomic mass is 10.2. The molecule has 2 rings (SSSR count). The summed E-state index contributed by atoms with van der Waals surface area (Å²) in [7, 11) is 3.76. The molecule has 0 saturated carbocycles. The highest BCUT2D eigenvalue weighted by Crippen LogP contribution is 2.23. The molecule has 1 aromatic carbocycles. The van der Waals surface area contributed by atoms with Crippen LogP contribution in [0, 0.1) is 6.92 Å². The molecule has 0 fully saturated rings. The van der Waals surface area contributed by atoms with Gasteiger partial charge in [0.15, 0.2) is 5.96 Å². The minimum Gasteiger partial charge on any atom is -0.354 e. The highest BCUT2D eigenvalue weighted by Gasteiger charge is 2.08. The average molecular weight is 482 g/mol. The van der Waals surface area contributed by atoms with Crippen LogP contribution in [-0.2, 0) is 13.1 Å². The maximum Gasteiger partial charge on any atom is 0.193 e. The lowest BCUT2D eigenvalue weighted by molar-refractivity contribution is 0.473. The Labute approximate surface area is 170 Å². The Kier molecular flexibility index (Phi) is 8.86. The molecular formula is C16H22Cl2IN5.